The lowest BCUT2D eigenvalue weighted by Crippen LogP contribution is -2.37. The van der Waals surface area contributed by atoms with Crippen LogP contribution in [0.25, 0.3) is 22.6 Å². The first-order valence-electron chi connectivity index (χ1n) is 12.0. The summed E-state index contributed by atoms with van der Waals surface area (Å²) in [6.07, 6.45) is 5.24. The largest absolute Gasteiger partial charge is 0.481 e. The molecule has 34 heavy (non-hydrogen) atoms. The number of benzene rings is 1. The van der Waals surface area contributed by atoms with Gasteiger partial charge >= 0.3 is 0 Å². The molecular weight excluding hydrogens is 428 g/mol. The SMILES string of the molecule is COc1cc(-c2nc(-c3ccc(CCN4CCOCC4)cc3)cn2CC(=O)CC(C)C)ccn1. The molecule has 1 aromatic carbocycles. The van der Waals surface area contributed by atoms with Gasteiger partial charge in [0, 0.05) is 55.6 Å². The Morgan fingerprint density at radius 1 is 1.12 bits per heavy atom. The van der Waals surface area contributed by atoms with Gasteiger partial charge < -0.3 is 14.0 Å². The van der Waals surface area contributed by atoms with Crippen molar-refractivity contribution in [1.82, 2.24) is 19.4 Å². The van der Waals surface area contributed by atoms with Crippen molar-refractivity contribution in [3.63, 3.8) is 0 Å². The number of carbonyl (C=O) groups excluding carboxylic acids is 1. The molecule has 0 atom stereocenters. The molecule has 1 aliphatic heterocycles. The standard InChI is InChI=1S/C27H34N4O3/c1-20(2)16-24(32)18-31-19-25(29-27(31)23-8-10-28-26(17-23)33-3)22-6-4-21(5-7-22)9-11-30-12-14-34-15-13-30/h4-8,10,17,19-20H,9,11-16,18H2,1-3H3. The Labute approximate surface area is 201 Å². The molecule has 0 saturated carbocycles. The van der Waals surface area contributed by atoms with E-state index in [1.165, 1.54) is 5.56 Å². The molecule has 0 spiro atoms. The van der Waals surface area contributed by atoms with Crippen LogP contribution in [0.15, 0.2) is 48.8 Å². The molecule has 0 amide bonds. The number of ether oxygens (including phenoxy) is 2. The fraction of sp³-hybridized carbons (Fsp3) is 0.444. The topological polar surface area (TPSA) is 69.5 Å². The number of imidazole rings is 1. The normalized spacial score (nSPS) is 14.5. The molecule has 7 nitrogen and oxygen atoms in total. The van der Waals surface area contributed by atoms with E-state index in [1.807, 2.05) is 22.9 Å². The molecule has 2 aromatic heterocycles. The van der Waals surface area contributed by atoms with Gasteiger partial charge in [0.1, 0.15) is 5.82 Å². The van der Waals surface area contributed by atoms with Crippen LogP contribution in [0, 0.1) is 5.92 Å². The zero-order valence-electron chi connectivity index (χ0n) is 20.4. The minimum absolute atomic E-state index is 0.194. The van der Waals surface area contributed by atoms with Crippen LogP contribution in [-0.2, 0) is 22.5 Å². The second kappa shape index (κ2) is 11.4. The lowest BCUT2D eigenvalue weighted by atomic mass is 10.1. The first-order chi connectivity index (χ1) is 16.5. The van der Waals surface area contributed by atoms with Crippen molar-refractivity contribution >= 4 is 5.78 Å². The van der Waals surface area contributed by atoms with Crippen molar-refractivity contribution in [1.29, 1.82) is 0 Å². The van der Waals surface area contributed by atoms with Crippen LogP contribution >= 0.6 is 0 Å². The summed E-state index contributed by atoms with van der Waals surface area (Å²) in [4.78, 5) is 24.2. The van der Waals surface area contributed by atoms with Crippen LogP contribution < -0.4 is 4.74 Å². The second-order valence-electron chi connectivity index (χ2n) is 9.20. The highest BCUT2D eigenvalue weighted by molar-refractivity contribution is 5.79. The van der Waals surface area contributed by atoms with Crippen LogP contribution in [0.2, 0.25) is 0 Å². The molecule has 1 saturated heterocycles. The number of hydrogen-bond donors (Lipinski definition) is 0. The zero-order chi connectivity index (χ0) is 23.9. The number of hydrogen-bond acceptors (Lipinski definition) is 6. The van der Waals surface area contributed by atoms with Gasteiger partial charge in [0.05, 0.1) is 32.6 Å². The predicted molar refractivity (Wildman–Crippen MR) is 133 cm³/mol. The van der Waals surface area contributed by atoms with E-state index in [0.29, 0.717) is 24.8 Å². The highest BCUT2D eigenvalue weighted by atomic mass is 16.5. The number of carbonyl (C=O) groups is 1. The maximum absolute atomic E-state index is 12.6. The van der Waals surface area contributed by atoms with Gasteiger partial charge in [-0.3, -0.25) is 9.69 Å². The van der Waals surface area contributed by atoms with E-state index in [2.05, 4.69) is 48.0 Å². The molecule has 0 bridgehead atoms. The highest BCUT2D eigenvalue weighted by Crippen LogP contribution is 2.27. The molecule has 1 aliphatic rings. The molecule has 0 N–H and O–H groups in total. The van der Waals surface area contributed by atoms with E-state index in [1.54, 1.807) is 13.3 Å². The predicted octanol–water partition coefficient (Wildman–Crippen LogP) is 4.11. The van der Waals surface area contributed by atoms with Crippen LogP contribution in [0.4, 0.5) is 0 Å². The van der Waals surface area contributed by atoms with Gasteiger partial charge in [0.15, 0.2) is 5.78 Å². The van der Waals surface area contributed by atoms with E-state index in [0.717, 1.165) is 61.9 Å². The van der Waals surface area contributed by atoms with Crippen LogP contribution in [0.3, 0.4) is 0 Å². The smallest absolute Gasteiger partial charge is 0.213 e. The van der Waals surface area contributed by atoms with Gasteiger partial charge in [-0.25, -0.2) is 9.97 Å². The summed E-state index contributed by atoms with van der Waals surface area (Å²) in [6.45, 7) is 9.13. The maximum Gasteiger partial charge on any atom is 0.213 e. The Hall–Kier alpha value is -3.03. The Balaban J connectivity index is 1.55. The molecule has 0 aliphatic carbocycles. The average molecular weight is 463 g/mol. The Bertz CT molecular complexity index is 1090. The Morgan fingerprint density at radius 2 is 1.88 bits per heavy atom. The number of nitrogens with zero attached hydrogens (tertiary/aromatic N) is 4. The lowest BCUT2D eigenvalue weighted by molar-refractivity contribution is -0.120. The third-order valence-corrected chi connectivity index (χ3v) is 6.03. The summed E-state index contributed by atoms with van der Waals surface area (Å²) in [5.74, 6) is 1.78. The number of methoxy groups -OCH3 is 1. The third kappa shape index (κ3) is 6.30. The lowest BCUT2D eigenvalue weighted by Gasteiger charge is -2.26. The van der Waals surface area contributed by atoms with E-state index in [9.17, 15) is 4.79 Å². The van der Waals surface area contributed by atoms with Crippen LogP contribution in [-0.4, -0.2) is 65.2 Å². The van der Waals surface area contributed by atoms with E-state index in [-0.39, 0.29) is 5.78 Å². The zero-order valence-corrected chi connectivity index (χ0v) is 20.4. The third-order valence-electron chi connectivity index (χ3n) is 6.03. The summed E-state index contributed by atoms with van der Waals surface area (Å²) < 4.78 is 12.7. The number of rotatable bonds is 10. The van der Waals surface area contributed by atoms with Crippen LogP contribution in [0.1, 0.15) is 25.8 Å². The van der Waals surface area contributed by atoms with Crippen molar-refractivity contribution in [2.24, 2.45) is 5.92 Å². The number of ketones is 1. The number of morpholine rings is 1. The van der Waals surface area contributed by atoms with Crippen molar-refractivity contribution in [2.75, 3.05) is 40.0 Å². The van der Waals surface area contributed by atoms with Gasteiger partial charge in [0.2, 0.25) is 5.88 Å². The Morgan fingerprint density at radius 3 is 2.59 bits per heavy atom. The number of pyridine rings is 1. The van der Waals surface area contributed by atoms with E-state index in [4.69, 9.17) is 14.5 Å². The summed E-state index contributed by atoms with van der Waals surface area (Å²) >= 11 is 0. The molecule has 180 valence electrons. The van der Waals surface area contributed by atoms with Crippen molar-refractivity contribution in [3.05, 3.63) is 54.4 Å². The van der Waals surface area contributed by atoms with Crippen molar-refractivity contribution in [2.45, 2.75) is 33.2 Å². The fourth-order valence-corrected chi connectivity index (χ4v) is 4.23. The van der Waals surface area contributed by atoms with Crippen molar-refractivity contribution < 1.29 is 14.3 Å². The average Bonchev–Trinajstić information content (AvgIpc) is 3.26. The molecule has 3 heterocycles. The first kappa shape index (κ1) is 24.1. The monoisotopic (exact) mass is 462 g/mol. The van der Waals surface area contributed by atoms with E-state index < -0.39 is 0 Å². The molecule has 1 fully saturated rings. The summed E-state index contributed by atoms with van der Waals surface area (Å²) in [5, 5.41) is 0. The highest BCUT2D eigenvalue weighted by Gasteiger charge is 2.16. The molecule has 0 unspecified atom stereocenters. The molecule has 7 heteroatoms. The molecule has 4 rings (SSSR count). The van der Waals surface area contributed by atoms with Gasteiger partial charge in [-0.1, -0.05) is 38.1 Å². The minimum Gasteiger partial charge on any atom is -0.481 e. The van der Waals surface area contributed by atoms with Gasteiger partial charge in [0.25, 0.3) is 0 Å². The van der Waals surface area contributed by atoms with Gasteiger partial charge in [-0.2, -0.15) is 0 Å². The molecular formula is C27H34N4O3. The fourth-order valence-electron chi connectivity index (χ4n) is 4.23. The van der Waals surface area contributed by atoms with Gasteiger partial charge in [-0.05, 0) is 24.0 Å². The van der Waals surface area contributed by atoms with E-state index >= 15 is 0 Å². The molecule has 3 aromatic rings. The van der Waals surface area contributed by atoms with Crippen LogP contribution in [0.5, 0.6) is 5.88 Å². The summed E-state index contributed by atoms with van der Waals surface area (Å²) in [6, 6.07) is 12.3. The second-order valence-corrected chi connectivity index (χ2v) is 9.20. The maximum atomic E-state index is 12.6. The van der Waals surface area contributed by atoms with Crippen molar-refractivity contribution in [3.8, 4) is 28.5 Å². The Kier molecular flexibility index (Phi) is 8.08. The van der Waals surface area contributed by atoms with Gasteiger partial charge in [-0.15, -0.1) is 0 Å². The minimum atomic E-state index is 0.194. The number of aromatic nitrogens is 3. The summed E-state index contributed by atoms with van der Waals surface area (Å²) in [7, 11) is 1.59. The molecule has 0 radical (unpaired) electrons. The first-order valence-corrected chi connectivity index (χ1v) is 12.0. The quantitative estimate of drug-likeness (QED) is 0.452. The number of Topliss-reactive ketones (excluding diaryl/α,β-unsaturated/α-hetero) is 1. The summed E-state index contributed by atoms with van der Waals surface area (Å²) in [5.41, 5.74) is 4.06.